The van der Waals surface area contributed by atoms with E-state index in [-0.39, 0.29) is 5.75 Å². The van der Waals surface area contributed by atoms with Gasteiger partial charge in [-0.3, -0.25) is 0 Å². The van der Waals surface area contributed by atoms with E-state index < -0.39 is 0 Å². The van der Waals surface area contributed by atoms with E-state index in [1.165, 1.54) is 31.3 Å². The molecular formula is C29H43N3O4. The van der Waals surface area contributed by atoms with Gasteiger partial charge in [-0.2, -0.15) is 0 Å². The molecule has 0 bridgehead atoms. The van der Waals surface area contributed by atoms with E-state index in [0.29, 0.717) is 36.3 Å². The summed E-state index contributed by atoms with van der Waals surface area (Å²) in [7, 11) is 3.30. The van der Waals surface area contributed by atoms with Gasteiger partial charge >= 0.3 is 0 Å². The lowest BCUT2D eigenvalue weighted by molar-refractivity contribution is 0.194. The molecule has 1 heterocycles. The van der Waals surface area contributed by atoms with Crippen LogP contribution < -0.4 is 10.1 Å². The van der Waals surface area contributed by atoms with Gasteiger partial charge in [-0.15, -0.1) is 10.2 Å². The molecule has 0 saturated heterocycles. The van der Waals surface area contributed by atoms with E-state index in [0.717, 1.165) is 55.5 Å². The number of phenols is 1. The van der Waals surface area contributed by atoms with Crippen LogP contribution in [0, 0.1) is 0 Å². The minimum atomic E-state index is 0.117. The molecule has 1 aromatic carbocycles. The van der Waals surface area contributed by atoms with Crippen LogP contribution >= 0.6 is 0 Å². The van der Waals surface area contributed by atoms with Crippen LogP contribution in [0.4, 0.5) is 5.82 Å². The highest BCUT2D eigenvalue weighted by molar-refractivity contribution is 5.73. The summed E-state index contributed by atoms with van der Waals surface area (Å²) >= 11 is 0. The fourth-order valence-corrected chi connectivity index (χ4v) is 4.45. The van der Waals surface area contributed by atoms with Gasteiger partial charge in [0.05, 0.1) is 13.4 Å². The second-order valence-electron chi connectivity index (χ2n) is 9.52. The van der Waals surface area contributed by atoms with Crippen LogP contribution in [0.2, 0.25) is 0 Å². The maximum atomic E-state index is 10.8. The molecule has 0 spiro atoms. The molecule has 0 radical (unpaired) electrons. The standard InChI is InChI=1S/C29H43N3O4/c1-5-7-8-13-22(6-2)30-29-26(20-36-19-21-11-9-12-21)24(14-10-17-34-3)28(31-32-29)25-16-15-23(35-4)18-27(25)33/h15-16,18-19,22,33H,5-14,17,20H2,1-4H3,(H,30,32). The first-order chi connectivity index (χ1) is 17.6. The Morgan fingerprint density at radius 3 is 2.56 bits per heavy atom. The molecule has 0 amide bonds. The highest BCUT2D eigenvalue weighted by atomic mass is 16.5. The first-order valence-corrected chi connectivity index (χ1v) is 13.4. The first-order valence-electron chi connectivity index (χ1n) is 13.4. The Kier molecular flexibility index (Phi) is 11.3. The van der Waals surface area contributed by atoms with Crippen LogP contribution in [-0.4, -0.2) is 42.2 Å². The van der Waals surface area contributed by atoms with Gasteiger partial charge in [-0.1, -0.05) is 33.1 Å². The maximum absolute atomic E-state index is 10.8. The fourth-order valence-electron chi connectivity index (χ4n) is 4.45. The SMILES string of the molecule is CCCCCC(CC)Nc1nnc(-c2ccc(OC)cc2O)c(CCCOC)c1COC=C1CCC1. The number of unbranched alkanes of at least 4 members (excludes halogenated alkanes) is 2. The van der Waals surface area contributed by atoms with Crippen molar-refractivity contribution in [2.75, 3.05) is 26.1 Å². The zero-order valence-corrected chi connectivity index (χ0v) is 22.4. The number of aromatic nitrogens is 2. The normalized spacial score (nSPS) is 13.7. The molecule has 3 rings (SSSR count). The summed E-state index contributed by atoms with van der Waals surface area (Å²) in [6.07, 6.45) is 12.7. The molecule has 2 N–H and O–H groups in total. The number of hydrogen-bond acceptors (Lipinski definition) is 7. The lowest BCUT2D eigenvalue weighted by Gasteiger charge is -2.23. The summed E-state index contributed by atoms with van der Waals surface area (Å²) in [5, 5.41) is 23.7. The van der Waals surface area contributed by atoms with Crippen molar-refractivity contribution in [3.63, 3.8) is 0 Å². The lowest BCUT2D eigenvalue weighted by atomic mass is 9.94. The van der Waals surface area contributed by atoms with Gasteiger partial charge in [0, 0.05) is 37.0 Å². The zero-order valence-electron chi connectivity index (χ0n) is 22.4. The summed E-state index contributed by atoms with van der Waals surface area (Å²) in [5.74, 6) is 1.48. The smallest absolute Gasteiger partial charge is 0.155 e. The zero-order chi connectivity index (χ0) is 25.8. The largest absolute Gasteiger partial charge is 0.507 e. The van der Waals surface area contributed by atoms with E-state index in [4.69, 9.17) is 14.2 Å². The topological polar surface area (TPSA) is 85.7 Å². The molecule has 36 heavy (non-hydrogen) atoms. The highest BCUT2D eigenvalue weighted by Crippen LogP contribution is 2.36. The van der Waals surface area contributed by atoms with E-state index in [9.17, 15) is 5.11 Å². The number of aromatic hydroxyl groups is 1. The van der Waals surface area contributed by atoms with Crippen LogP contribution in [0.3, 0.4) is 0 Å². The number of ether oxygens (including phenoxy) is 3. The van der Waals surface area contributed by atoms with Gasteiger partial charge in [0.15, 0.2) is 5.82 Å². The Morgan fingerprint density at radius 2 is 1.92 bits per heavy atom. The number of methoxy groups -OCH3 is 2. The molecule has 1 unspecified atom stereocenters. The minimum absolute atomic E-state index is 0.117. The van der Waals surface area contributed by atoms with Gasteiger partial charge < -0.3 is 24.6 Å². The Labute approximate surface area is 216 Å². The number of benzene rings is 1. The summed E-state index contributed by atoms with van der Waals surface area (Å²) in [5.41, 5.74) is 4.69. The number of phenolic OH excluding ortho intramolecular Hbond substituents is 1. The number of allylic oxidation sites excluding steroid dienone is 1. The molecule has 198 valence electrons. The predicted molar refractivity (Wildman–Crippen MR) is 144 cm³/mol. The number of nitrogens with zero attached hydrogens (tertiary/aromatic N) is 2. The van der Waals surface area contributed by atoms with Gasteiger partial charge in [-0.05, 0) is 68.2 Å². The molecule has 1 aliphatic rings. The second-order valence-corrected chi connectivity index (χ2v) is 9.52. The number of anilines is 1. The van der Waals surface area contributed by atoms with Crippen molar-refractivity contribution in [2.45, 2.75) is 90.7 Å². The molecule has 1 fully saturated rings. The third kappa shape index (κ3) is 7.60. The van der Waals surface area contributed by atoms with Crippen molar-refractivity contribution < 1.29 is 19.3 Å². The third-order valence-electron chi connectivity index (χ3n) is 6.88. The molecule has 1 saturated carbocycles. The average molecular weight is 498 g/mol. The van der Waals surface area contributed by atoms with Crippen molar-refractivity contribution in [3.8, 4) is 22.8 Å². The van der Waals surface area contributed by atoms with Gasteiger partial charge in [0.25, 0.3) is 0 Å². The maximum Gasteiger partial charge on any atom is 0.155 e. The van der Waals surface area contributed by atoms with E-state index in [1.54, 1.807) is 20.3 Å². The van der Waals surface area contributed by atoms with Crippen LogP contribution in [0.15, 0.2) is 30.0 Å². The molecular weight excluding hydrogens is 454 g/mol. The van der Waals surface area contributed by atoms with E-state index >= 15 is 0 Å². The van der Waals surface area contributed by atoms with Crippen LogP contribution in [0.1, 0.15) is 82.8 Å². The summed E-state index contributed by atoms with van der Waals surface area (Å²) in [4.78, 5) is 0. The van der Waals surface area contributed by atoms with Crippen LogP contribution in [0.5, 0.6) is 11.5 Å². The molecule has 2 aromatic rings. The Bertz CT molecular complexity index is 987. The molecule has 0 aliphatic heterocycles. The monoisotopic (exact) mass is 497 g/mol. The number of rotatable bonds is 16. The van der Waals surface area contributed by atoms with Crippen molar-refractivity contribution in [2.24, 2.45) is 0 Å². The third-order valence-corrected chi connectivity index (χ3v) is 6.88. The minimum Gasteiger partial charge on any atom is -0.507 e. The number of nitrogens with one attached hydrogen (secondary N) is 1. The van der Waals surface area contributed by atoms with Crippen molar-refractivity contribution >= 4 is 5.82 Å². The first kappa shape index (κ1) is 27.8. The van der Waals surface area contributed by atoms with Crippen LogP contribution in [-0.2, 0) is 22.5 Å². The number of hydrogen-bond donors (Lipinski definition) is 2. The highest BCUT2D eigenvalue weighted by Gasteiger charge is 2.22. The Hall–Kier alpha value is -2.80. The van der Waals surface area contributed by atoms with Crippen molar-refractivity contribution in [1.29, 1.82) is 0 Å². The molecule has 7 heteroatoms. The molecule has 1 aromatic heterocycles. The molecule has 1 atom stereocenters. The summed E-state index contributed by atoms with van der Waals surface area (Å²) in [6.45, 7) is 5.47. The molecule has 1 aliphatic carbocycles. The van der Waals surface area contributed by atoms with Crippen LogP contribution in [0.25, 0.3) is 11.3 Å². The second kappa shape index (κ2) is 14.7. The predicted octanol–water partition coefficient (Wildman–Crippen LogP) is 6.79. The van der Waals surface area contributed by atoms with Crippen molar-refractivity contribution in [1.82, 2.24) is 10.2 Å². The van der Waals surface area contributed by atoms with E-state index in [1.807, 2.05) is 18.4 Å². The Balaban J connectivity index is 2.01. The quantitative estimate of drug-likeness (QED) is 0.195. The Morgan fingerprint density at radius 1 is 1.08 bits per heavy atom. The summed E-state index contributed by atoms with van der Waals surface area (Å²) in [6, 6.07) is 5.60. The van der Waals surface area contributed by atoms with Gasteiger partial charge in [0.1, 0.15) is 23.8 Å². The van der Waals surface area contributed by atoms with Gasteiger partial charge in [-0.25, -0.2) is 0 Å². The fraction of sp³-hybridized carbons (Fsp3) is 0.586. The van der Waals surface area contributed by atoms with E-state index in [2.05, 4.69) is 29.4 Å². The molecule has 7 nitrogen and oxygen atoms in total. The average Bonchev–Trinajstić information content (AvgIpc) is 2.86. The van der Waals surface area contributed by atoms with Crippen molar-refractivity contribution in [3.05, 3.63) is 41.2 Å². The summed E-state index contributed by atoms with van der Waals surface area (Å²) < 4.78 is 16.7. The lowest BCUT2D eigenvalue weighted by Crippen LogP contribution is -2.22. The van der Waals surface area contributed by atoms with Gasteiger partial charge in [0.2, 0.25) is 0 Å².